The van der Waals surface area contributed by atoms with Crippen molar-refractivity contribution >= 4 is 45.7 Å². The highest BCUT2D eigenvalue weighted by molar-refractivity contribution is 8.24. The van der Waals surface area contributed by atoms with Crippen molar-refractivity contribution in [3.63, 3.8) is 0 Å². The fourth-order valence-electron chi connectivity index (χ4n) is 2.04. The number of amides is 1. The first kappa shape index (κ1) is 14.0. The summed E-state index contributed by atoms with van der Waals surface area (Å²) in [4.78, 5) is 18.3. The van der Waals surface area contributed by atoms with Crippen LogP contribution in [0.3, 0.4) is 0 Å². The summed E-state index contributed by atoms with van der Waals surface area (Å²) < 4.78 is 0.723. The number of aliphatic imine (C=N–C) groups is 1. The summed E-state index contributed by atoms with van der Waals surface area (Å²) in [6, 6.07) is 18.8. The van der Waals surface area contributed by atoms with Crippen molar-refractivity contribution in [3.05, 3.63) is 66.2 Å². The van der Waals surface area contributed by atoms with Crippen LogP contribution in [0.1, 0.15) is 10.4 Å². The minimum atomic E-state index is -0.239. The number of hydrogen-bond acceptors (Lipinski definition) is 3. The Balaban J connectivity index is 1.92. The van der Waals surface area contributed by atoms with Crippen molar-refractivity contribution in [2.45, 2.75) is 0 Å². The summed E-state index contributed by atoms with van der Waals surface area (Å²) in [6.45, 7) is 0. The first-order valence-electron chi connectivity index (χ1n) is 6.44. The van der Waals surface area contributed by atoms with Gasteiger partial charge in [0.15, 0.2) is 0 Å². The molecule has 0 N–H and O–H groups in total. The van der Waals surface area contributed by atoms with Gasteiger partial charge in [0.25, 0.3) is 5.91 Å². The lowest BCUT2D eigenvalue weighted by Gasteiger charge is -2.17. The molecule has 1 aliphatic heterocycles. The third-order valence-electron chi connectivity index (χ3n) is 3.03. The minimum absolute atomic E-state index is 0.239. The summed E-state index contributed by atoms with van der Waals surface area (Å²) in [5.74, 6) is 1.06. The second-order valence-electron chi connectivity index (χ2n) is 4.42. The van der Waals surface area contributed by atoms with E-state index in [-0.39, 0.29) is 5.91 Å². The Morgan fingerprint density at radius 2 is 1.67 bits per heavy atom. The molecule has 5 heteroatoms. The third-order valence-corrected chi connectivity index (χ3v) is 4.40. The van der Waals surface area contributed by atoms with Crippen LogP contribution in [-0.4, -0.2) is 21.8 Å². The first-order valence-corrected chi connectivity index (χ1v) is 7.84. The molecule has 3 nitrogen and oxygen atoms in total. The maximum Gasteiger partial charge on any atom is 0.278 e. The van der Waals surface area contributed by atoms with Gasteiger partial charge in [-0.1, -0.05) is 60.4 Å². The van der Waals surface area contributed by atoms with Gasteiger partial charge in [-0.3, -0.25) is 9.69 Å². The van der Waals surface area contributed by atoms with Crippen molar-refractivity contribution in [2.75, 3.05) is 10.7 Å². The van der Waals surface area contributed by atoms with Crippen molar-refractivity contribution in [2.24, 2.45) is 4.99 Å². The number of carbonyl (C=O) groups excluding carboxylic acids is 1. The molecule has 0 atom stereocenters. The molecule has 0 aromatic heterocycles. The van der Waals surface area contributed by atoms with Crippen molar-refractivity contribution in [1.29, 1.82) is 0 Å². The van der Waals surface area contributed by atoms with E-state index in [4.69, 9.17) is 12.2 Å². The van der Waals surface area contributed by atoms with Gasteiger partial charge in [-0.15, -0.1) is 0 Å². The Hall–Kier alpha value is -1.98. The third kappa shape index (κ3) is 3.04. The van der Waals surface area contributed by atoms with E-state index in [9.17, 15) is 4.79 Å². The predicted octanol–water partition coefficient (Wildman–Crippen LogP) is 3.76. The first-order chi connectivity index (χ1) is 10.3. The number of benzene rings is 2. The highest BCUT2D eigenvalue weighted by Gasteiger charge is 2.27. The lowest BCUT2D eigenvalue weighted by Crippen LogP contribution is -2.29. The summed E-state index contributed by atoms with van der Waals surface area (Å²) in [5.41, 5.74) is 1.52. The summed E-state index contributed by atoms with van der Waals surface area (Å²) in [5, 5.41) is 0. The molecule has 1 fully saturated rings. The van der Waals surface area contributed by atoms with Crippen LogP contribution < -0.4 is 4.90 Å². The van der Waals surface area contributed by atoms with Gasteiger partial charge < -0.3 is 0 Å². The topological polar surface area (TPSA) is 32.7 Å². The van der Waals surface area contributed by atoms with Gasteiger partial charge in [-0.25, -0.2) is 0 Å². The van der Waals surface area contributed by atoms with E-state index in [1.165, 1.54) is 11.8 Å². The summed E-state index contributed by atoms with van der Waals surface area (Å²) >= 11 is 6.89. The standard InChI is InChI=1S/C16H12N2OS2/c19-15(12-7-3-1-4-8-12)17-14-11-21-16(20)18(14)13-9-5-2-6-10-13/h1-10H,11H2. The van der Waals surface area contributed by atoms with E-state index >= 15 is 0 Å². The molecule has 0 bridgehead atoms. The van der Waals surface area contributed by atoms with Crippen molar-refractivity contribution < 1.29 is 4.79 Å². The number of carbonyl (C=O) groups is 1. The number of thiocarbonyl (C=S) groups is 1. The number of thioether (sulfide) groups is 1. The Morgan fingerprint density at radius 3 is 2.33 bits per heavy atom. The number of nitrogens with zero attached hydrogens (tertiary/aromatic N) is 2. The van der Waals surface area contributed by atoms with Crippen LogP contribution in [0.4, 0.5) is 5.69 Å². The number of hydrogen-bond donors (Lipinski definition) is 0. The Labute approximate surface area is 132 Å². The molecule has 104 valence electrons. The van der Waals surface area contributed by atoms with Crippen LogP contribution in [-0.2, 0) is 0 Å². The van der Waals surface area contributed by atoms with Crippen LogP contribution in [0.2, 0.25) is 0 Å². The predicted molar refractivity (Wildman–Crippen MR) is 92.2 cm³/mol. The van der Waals surface area contributed by atoms with E-state index in [0.717, 1.165) is 10.0 Å². The van der Waals surface area contributed by atoms with Crippen LogP contribution in [0.5, 0.6) is 0 Å². The summed E-state index contributed by atoms with van der Waals surface area (Å²) in [7, 11) is 0. The second-order valence-corrected chi connectivity index (χ2v) is 6.03. The van der Waals surface area contributed by atoms with E-state index in [1.807, 2.05) is 53.4 Å². The molecule has 0 spiro atoms. The Bertz CT molecular complexity index is 699. The van der Waals surface area contributed by atoms with E-state index in [1.54, 1.807) is 12.1 Å². The highest BCUT2D eigenvalue weighted by Crippen LogP contribution is 2.27. The molecule has 21 heavy (non-hydrogen) atoms. The normalized spacial score (nSPS) is 16.5. The van der Waals surface area contributed by atoms with Gasteiger partial charge in [-0.2, -0.15) is 4.99 Å². The Kier molecular flexibility index (Phi) is 4.13. The molecule has 2 aromatic carbocycles. The summed E-state index contributed by atoms with van der Waals surface area (Å²) in [6.07, 6.45) is 0. The number of amidine groups is 1. The number of rotatable bonds is 2. The lowest BCUT2D eigenvalue weighted by molar-refractivity contribution is 0.100. The molecule has 1 heterocycles. The molecule has 0 unspecified atom stereocenters. The van der Waals surface area contributed by atoms with Gasteiger partial charge in [0, 0.05) is 11.3 Å². The number of anilines is 1. The van der Waals surface area contributed by atoms with Crippen LogP contribution in [0.15, 0.2) is 65.7 Å². The lowest BCUT2D eigenvalue weighted by atomic mass is 10.2. The van der Waals surface area contributed by atoms with Gasteiger partial charge in [-0.05, 0) is 24.3 Å². The van der Waals surface area contributed by atoms with E-state index < -0.39 is 0 Å². The average molecular weight is 312 g/mol. The number of para-hydroxylation sites is 1. The maximum atomic E-state index is 12.2. The zero-order chi connectivity index (χ0) is 14.7. The largest absolute Gasteiger partial charge is 0.283 e. The zero-order valence-electron chi connectivity index (χ0n) is 11.1. The SMILES string of the molecule is O=C(N=C1CSC(=S)N1c1ccccc1)c1ccccc1. The maximum absolute atomic E-state index is 12.2. The second kappa shape index (κ2) is 6.20. The molecule has 1 amide bonds. The molecule has 3 rings (SSSR count). The van der Waals surface area contributed by atoms with Crippen LogP contribution in [0, 0.1) is 0 Å². The van der Waals surface area contributed by atoms with Crippen molar-refractivity contribution in [3.8, 4) is 0 Å². The zero-order valence-corrected chi connectivity index (χ0v) is 12.7. The van der Waals surface area contributed by atoms with E-state index in [0.29, 0.717) is 17.2 Å². The van der Waals surface area contributed by atoms with Gasteiger partial charge in [0.2, 0.25) is 0 Å². The quantitative estimate of drug-likeness (QED) is 0.790. The molecule has 2 aromatic rings. The minimum Gasteiger partial charge on any atom is -0.283 e. The fraction of sp³-hybridized carbons (Fsp3) is 0.0625. The molecule has 0 radical (unpaired) electrons. The molecule has 0 aliphatic carbocycles. The fourth-order valence-corrected chi connectivity index (χ4v) is 3.21. The smallest absolute Gasteiger partial charge is 0.278 e. The molecule has 0 saturated carbocycles. The Morgan fingerprint density at radius 1 is 1.05 bits per heavy atom. The van der Waals surface area contributed by atoms with Gasteiger partial charge in [0.05, 0.1) is 5.75 Å². The average Bonchev–Trinajstić information content (AvgIpc) is 2.89. The highest BCUT2D eigenvalue weighted by atomic mass is 32.2. The van der Waals surface area contributed by atoms with E-state index in [2.05, 4.69) is 4.99 Å². The van der Waals surface area contributed by atoms with Crippen LogP contribution >= 0.6 is 24.0 Å². The molecular formula is C16H12N2OS2. The molecule has 1 saturated heterocycles. The van der Waals surface area contributed by atoms with Crippen molar-refractivity contribution in [1.82, 2.24) is 0 Å². The van der Waals surface area contributed by atoms with Crippen LogP contribution in [0.25, 0.3) is 0 Å². The molecular weight excluding hydrogens is 300 g/mol. The van der Waals surface area contributed by atoms with Gasteiger partial charge >= 0.3 is 0 Å². The molecule has 1 aliphatic rings. The van der Waals surface area contributed by atoms with Gasteiger partial charge in [0.1, 0.15) is 10.2 Å². The monoisotopic (exact) mass is 312 g/mol.